The van der Waals surface area contributed by atoms with Gasteiger partial charge in [0.2, 0.25) is 0 Å². The Labute approximate surface area is 180 Å². The number of benzene rings is 2. The monoisotopic (exact) mass is 406 g/mol. The summed E-state index contributed by atoms with van der Waals surface area (Å²) in [5.41, 5.74) is 9.59. The van der Waals surface area contributed by atoms with Crippen molar-refractivity contribution in [2.24, 2.45) is 5.41 Å². The van der Waals surface area contributed by atoms with Crippen LogP contribution in [-0.4, -0.2) is 43.0 Å². The second kappa shape index (κ2) is 8.68. The first-order valence-electron chi connectivity index (χ1n) is 11.2. The zero-order valence-corrected chi connectivity index (χ0v) is 18.2. The molecule has 2 aromatic carbocycles. The van der Waals surface area contributed by atoms with Gasteiger partial charge in [0.1, 0.15) is 0 Å². The Balaban J connectivity index is 1.36. The molecule has 1 aliphatic carbocycles. The Morgan fingerprint density at radius 2 is 1.80 bits per heavy atom. The molecule has 1 saturated carbocycles. The highest BCUT2D eigenvalue weighted by Gasteiger charge is 2.39. The number of rotatable bonds is 7. The SMILES string of the molecule is CCN(c1ccc(C(=O)Nc2ccccc2N)cc1)C1CCN(CC2(C)CC2)CC1. The lowest BCUT2D eigenvalue weighted by Gasteiger charge is -2.40. The van der Waals surface area contributed by atoms with Crippen LogP contribution in [0.15, 0.2) is 48.5 Å². The number of hydrogen-bond donors (Lipinski definition) is 2. The van der Waals surface area contributed by atoms with Gasteiger partial charge in [-0.05, 0) is 74.4 Å². The Bertz CT molecular complexity index is 867. The van der Waals surface area contributed by atoms with E-state index in [1.54, 1.807) is 6.07 Å². The number of nitrogens with zero attached hydrogens (tertiary/aromatic N) is 2. The molecule has 0 unspecified atom stereocenters. The molecule has 0 aromatic heterocycles. The molecule has 4 rings (SSSR count). The molecule has 0 radical (unpaired) electrons. The number of nitrogens with two attached hydrogens (primary N) is 1. The number of likely N-dealkylation sites (tertiary alicyclic amines) is 1. The second-order valence-corrected chi connectivity index (χ2v) is 9.19. The molecular formula is C25H34N4O. The largest absolute Gasteiger partial charge is 0.397 e. The summed E-state index contributed by atoms with van der Waals surface area (Å²) in [6.45, 7) is 9.26. The predicted octanol–water partition coefficient (Wildman–Crippen LogP) is 4.61. The molecule has 5 heteroatoms. The van der Waals surface area contributed by atoms with Gasteiger partial charge >= 0.3 is 0 Å². The van der Waals surface area contributed by atoms with E-state index in [-0.39, 0.29) is 5.91 Å². The fraction of sp³-hybridized carbons (Fsp3) is 0.480. The first-order valence-corrected chi connectivity index (χ1v) is 11.2. The van der Waals surface area contributed by atoms with Crippen molar-refractivity contribution in [3.05, 3.63) is 54.1 Å². The molecule has 2 aliphatic rings. The standard InChI is InChI=1S/C25H34N4O/c1-3-29(21-12-16-28(17-13-21)18-25(2)14-15-25)20-10-8-19(9-11-20)24(30)27-23-7-5-4-6-22(23)26/h4-11,21H,3,12-18,26H2,1-2H3,(H,27,30). The topological polar surface area (TPSA) is 61.6 Å². The first-order chi connectivity index (χ1) is 14.5. The Morgan fingerprint density at radius 1 is 1.13 bits per heavy atom. The summed E-state index contributed by atoms with van der Waals surface area (Å²) in [6.07, 6.45) is 5.20. The van der Waals surface area contributed by atoms with E-state index in [0.717, 1.165) is 6.54 Å². The first kappa shape index (κ1) is 20.7. The highest BCUT2D eigenvalue weighted by molar-refractivity contribution is 6.05. The van der Waals surface area contributed by atoms with Gasteiger partial charge < -0.3 is 20.9 Å². The van der Waals surface area contributed by atoms with Crippen molar-refractivity contribution in [2.75, 3.05) is 42.1 Å². The summed E-state index contributed by atoms with van der Waals surface area (Å²) in [4.78, 5) is 17.7. The van der Waals surface area contributed by atoms with Gasteiger partial charge in [-0.2, -0.15) is 0 Å². The van der Waals surface area contributed by atoms with Crippen LogP contribution in [0.2, 0.25) is 0 Å². The van der Waals surface area contributed by atoms with Gasteiger partial charge in [0.15, 0.2) is 0 Å². The Hall–Kier alpha value is -2.53. The van der Waals surface area contributed by atoms with Crippen LogP contribution in [-0.2, 0) is 0 Å². The molecule has 0 spiro atoms. The molecule has 1 aliphatic heterocycles. The van der Waals surface area contributed by atoms with E-state index in [9.17, 15) is 4.79 Å². The summed E-state index contributed by atoms with van der Waals surface area (Å²) in [5, 5.41) is 2.90. The van der Waals surface area contributed by atoms with Crippen LogP contribution >= 0.6 is 0 Å². The van der Waals surface area contributed by atoms with Crippen LogP contribution in [0.3, 0.4) is 0 Å². The number of piperidine rings is 1. The smallest absolute Gasteiger partial charge is 0.255 e. The zero-order chi connectivity index (χ0) is 21.1. The van der Waals surface area contributed by atoms with E-state index < -0.39 is 0 Å². The summed E-state index contributed by atoms with van der Waals surface area (Å²) in [5.74, 6) is -0.135. The van der Waals surface area contributed by atoms with Gasteiger partial charge in [-0.1, -0.05) is 19.1 Å². The van der Waals surface area contributed by atoms with Gasteiger partial charge in [-0.15, -0.1) is 0 Å². The summed E-state index contributed by atoms with van der Waals surface area (Å²) in [6, 6.07) is 15.9. The summed E-state index contributed by atoms with van der Waals surface area (Å²) >= 11 is 0. The molecule has 2 aromatic rings. The van der Waals surface area contributed by atoms with Crippen molar-refractivity contribution in [3.8, 4) is 0 Å². The van der Waals surface area contributed by atoms with Gasteiger partial charge in [0, 0.05) is 43.5 Å². The molecule has 1 amide bonds. The van der Waals surface area contributed by atoms with Gasteiger partial charge in [0.05, 0.1) is 11.4 Å². The number of anilines is 3. The van der Waals surface area contributed by atoms with Crippen LogP contribution in [0.5, 0.6) is 0 Å². The Morgan fingerprint density at radius 3 is 2.40 bits per heavy atom. The van der Waals surface area contributed by atoms with Crippen LogP contribution in [0, 0.1) is 5.41 Å². The average Bonchev–Trinajstić information content (AvgIpc) is 3.48. The molecule has 5 nitrogen and oxygen atoms in total. The van der Waals surface area contributed by atoms with E-state index in [4.69, 9.17) is 5.73 Å². The van der Waals surface area contributed by atoms with Gasteiger partial charge in [-0.3, -0.25) is 4.79 Å². The molecular weight excluding hydrogens is 372 g/mol. The van der Waals surface area contributed by atoms with Crippen LogP contribution < -0.4 is 16.0 Å². The summed E-state index contributed by atoms with van der Waals surface area (Å²) in [7, 11) is 0. The molecule has 1 heterocycles. The molecule has 0 atom stereocenters. The van der Waals surface area contributed by atoms with E-state index in [2.05, 4.69) is 41.1 Å². The summed E-state index contributed by atoms with van der Waals surface area (Å²) < 4.78 is 0. The highest BCUT2D eigenvalue weighted by atomic mass is 16.1. The van der Waals surface area contributed by atoms with Crippen molar-refractivity contribution < 1.29 is 4.79 Å². The Kier molecular flexibility index (Phi) is 6.00. The minimum Gasteiger partial charge on any atom is -0.397 e. The lowest BCUT2D eigenvalue weighted by Crippen LogP contribution is -2.46. The molecule has 2 fully saturated rings. The maximum Gasteiger partial charge on any atom is 0.255 e. The van der Waals surface area contributed by atoms with Crippen molar-refractivity contribution in [1.82, 2.24) is 4.90 Å². The van der Waals surface area contributed by atoms with Crippen molar-refractivity contribution >= 4 is 23.0 Å². The van der Waals surface area contributed by atoms with Gasteiger partial charge in [-0.25, -0.2) is 0 Å². The predicted molar refractivity (Wildman–Crippen MR) is 125 cm³/mol. The maximum absolute atomic E-state index is 12.6. The number of para-hydroxylation sites is 2. The number of amides is 1. The van der Waals surface area contributed by atoms with Crippen molar-refractivity contribution in [1.29, 1.82) is 0 Å². The van der Waals surface area contributed by atoms with E-state index >= 15 is 0 Å². The normalized spacial score (nSPS) is 18.7. The minimum atomic E-state index is -0.135. The molecule has 3 N–H and O–H groups in total. The number of hydrogen-bond acceptors (Lipinski definition) is 4. The third kappa shape index (κ3) is 4.78. The van der Waals surface area contributed by atoms with Gasteiger partial charge in [0.25, 0.3) is 5.91 Å². The second-order valence-electron chi connectivity index (χ2n) is 9.19. The van der Waals surface area contributed by atoms with Crippen molar-refractivity contribution in [2.45, 2.75) is 45.6 Å². The van der Waals surface area contributed by atoms with Crippen LogP contribution in [0.1, 0.15) is 49.9 Å². The quantitative estimate of drug-likeness (QED) is 0.659. The molecule has 30 heavy (non-hydrogen) atoms. The lowest BCUT2D eigenvalue weighted by molar-refractivity contribution is 0.102. The van der Waals surface area contributed by atoms with Crippen LogP contribution in [0.4, 0.5) is 17.1 Å². The minimum absolute atomic E-state index is 0.135. The number of nitrogen functional groups attached to an aromatic ring is 1. The number of carbonyl (C=O) groups is 1. The van der Waals surface area contributed by atoms with E-state index in [1.807, 2.05) is 30.3 Å². The average molecular weight is 407 g/mol. The highest BCUT2D eigenvalue weighted by Crippen LogP contribution is 2.45. The number of carbonyl (C=O) groups excluding carboxylic acids is 1. The van der Waals surface area contributed by atoms with Crippen molar-refractivity contribution in [3.63, 3.8) is 0 Å². The lowest BCUT2D eigenvalue weighted by atomic mass is 10.00. The molecule has 0 bridgehead atoms. The molecule has 1 saturated heterocycles. The zero-order valence-electron chi connectivity index (χ0n) is 18.2. The van der Waals surface area contributed by atoms with E-state index in [1.165, 1.54) is 51.0 Å². The number of nitrogens with one attached hydrogen (secondary N) is 1. The third-order valence-electron chi connectivity index (χ3n) is 6.72. The maximum atomic E-state index is 12.6. The fourth-order valence-corrected chi connectivity index (χ4v) is 4.56. The third-order valence-corrected chi connectivity index (χ3v) is 6.72. The fourth-order valence-electron chi connectivity index (χ4n) is 4.56. The van der Waals surface area contributed by atoms with E-state index in [0.29, 0.717) is 28.4 Å². The van der Waals surface area contributed by atoms with Crippen LogP contribution in [0.25, 0.3) is 0 Å². The molecule has 160 valence electrons.